The molecule has 0 bridgehead atoms. The highest BCUT2D eigenvalue weighted by Crippen LogP contribution is 2.12. The predicted octanol–water partition coefficient (Wildman–Crippen LogP) is 3.44. The zero-order valence-corrected chi connectivity index (χ0v) is 16.8. The van der Waals surface area contributed by atoms with Crippen LogP contribution in [0, 0.1) is 0 Å². The third kappa shape index (κ3) is 7.29. The van der Waals surface area contributed by atoms with Gasteiger partial charge >= 0.3 is 5.97 Å². The van der Waals surface area contributed by atoms with Gasteiger partial charge in [-0.3, -0.25) is 9.59 Å². The van der Waals surface area contributed by atoms with Gasteiger partial charge in [-0.25, -0.2) is 4.79 Å². The fourth-order valence-corrected chi connectivity index (χ4v) is 2.51. The highest BCUT2D eigenvalue weighted by molar-refractivity contribution is 5.98. The lowest BCUT2D eigenvalue weighted by Crippen LogP contribution is -2.24. The molecule has 0 fully saturated rings. The molecular formula is C22H27N3O4. The maximum Gasteiger partial charge on any atom is 0.338 e. The Morgan fingerprint density at radius 2 is 1.69 bits per heavy atom. The molecule has 0 radical (unpaired) electrons. The molecule has 7 nitrogen and oxygen atoms in total. The number of amides is 2. The molecule has 2 aromatic carbocycles. The van der Waals surface area contributed by atoms with E-state index in [2.05, 4.69) is 16.0 Å². The number of carbonyl (C=O) groups is 3. The maximum absolute atomic E-state index is 12.2. The first kappa shape index (κ1) is 21.9. The summed E-state index contributed by atoms with van der Waals surface area (Å²) in [6.07, 6.45) is 1.81. The second-order valence-electron chi connectivity index (χ2n) is 6.41. The molecule has 0 saturated carbocycles. The standard InChI is InChI=1S/C22H27N3O4/c1-3-5-13-29-22(28)16-9-11-18(12-10-16)24-15-20(26)25-19-8-6-7-17(14-19)21(27)23-4-2/h6-12,14,24H,3-5,13,15H2,1-2H3,(H,23,27)(H,25,26). The number of ether oxygens (including phenoxy) is 1. The van der Waals surface area contributed by atoms with Gasteiger partial charge in [-0.2, -0.15) is 0 Å². The van der Waals surface area contributed by atoms with Crippen LogP contribution in [0.25, 0.3) is 0 Å². The molecule has 29 heavy (non-hydrogen) atoms. The molecule has 0 atom stereocenters. The lowest BCUT2D eigenvalue weighted by atomic mass is 10.2. The number of hydrogen-bond donors (Lipinski definition) is 3. The molecule has 0 aliphatic rings. The molecule has 2 amide bonds. The molecule has 0 aliphatic heterocycles. The van der Waals surface area contributed by atoms with Crippen LogP contribution in [0.3, 0.4) is 0 Å². The molecule has 0 heterocycles. The summed E-state index contributed by atoms with van der Waals surface area (Å²) in [5.74, 6) is -0.786. The maximum atomic E-state index is 12.2. The van der Waals surface area contributed by atoms with E-state index >= 15 is 0 Å². The van der Waals surface area contributed by atoms with Crippen LogP contribution in [-0.2, 0) is 9.53 Å². The van der Waals surface area contributed by atoms with Gasteiger partial charge in [-0.15, -0.1) is 0 Å². The fourth-order valence-electron chi connectivity index (χ4n) is 2.51. The monoisotopic (exact) mass is 397 g/mol. The van der Waals surface area contributed by atoms with Crippen molar-refractivity contribution in [3.63, 3.8) is 0 Å². The average molecular weight is 397 g/mol. The lowest BCUT2D eigenvalue weighted by molar-refractivity contribution is -0.114. The first-order valence-electron chi connectivity index (χ1n) is 9.72. The molecule has 3 N–H and O–H groups in total. The molecule has 0 unspecified atom stereocenters. The van der Waals surface area contributed by atoms with Crippen molar-refractivity contribution >= 4 is 29.2 Å². The van der Waals surface area contributed by atoms with Crippen molar-refractivity contribution in [1.29, 1.82) is 0 Å². The Morgan fingerprint density at radius 3 is 2.38 bits per heavy atom. The summed E-state index contributed by atoms with van der Waals surface area (Å²) < 4.78 is 5.16. The molecule has 2 rings (SSSR count). The van der Waals surface area contributed by atoms with Gasteiger partial charge in [0.25, 0.3) is 5.91 Å². The Labute approximate surface area is 170 Å². The summed E-state index contributed by atoms with van der Waals surface area (Å²) in [4.78, 5) is 35.9. The Balaban J connectivity index is 1.84. The topological polar surface area (TPSA) is 96.5 Å². The van der Waals surface area contributed by atoms with Crippen LogP contribution in [0.5, 0.6) is 0 Å². The van der Waals surface area contributed by atoms with Crippen molar-refractivity contribution in [3.05, 3.63) is 59.7 Å². The Bertz CT molecular complexity index is 834. The number of hydrogen-bond acceptors (Lipinski definition) is 5. The van der Waals surface area contributed by atoms with Crippen LogP contribution in [-0.4, -0.2) is 37.5 Å². The predicted molar refractivity (Wildman–Crippen MR) is 113 cm³/mol. The second-order valence-corrected chi connectivity index (χ2v) is 6.41. The molecule has 0 aliphatic carbocycles. The first-order chi connectivity index (χ1) is 14.0. The minimum atomic E-state index is -0.352. The van der Waals surface area contributed by atoms with E-state index in [0.29, 0.717) is 35.7 Å². The van der Waals surface area contributed by atoms with Gasteiger partial charge in [0.1, 0.15) is 0 Å². The van der Waals surface area contributed by atoms with Gasteiger partial charge < -0.3 is 20.7 Å². The highest BCUT2D eigenvalue weighted by Gasteiger charge is 2.09. The summed E-state index contributed by atoms with van der Waals surface area (Å²) in [7, 11) is 0. The summed E-state index contributed by atoms with van der Waals surface area (Å²) in [5.41, 5.74) is 2.21. The van der Waals surface area contributed by atoms with Crippen molar-refractivity contribution in [3.8, 4) is 0 Å². The van der Waals surface area contributed by atoms with Crippen LogP contribution >= 0.6 is 0 Å². The Morgan fingerprint density at radius 1 is 0.931 bits per heavy atom. The van der Waals surface area contributed by atoms with Crippen molar-refractivity contribution < 1.29 is 19.1 Å². The lowest BCUT2D eigenvalue weighted by Gasteiger charge is -2.10. The van der Waals surface area contributed by atoms with E-state index < -0.39 is 0 Å². The number of carbonyl (C=O) groups excluding carboxylic acids is 3. The Hall–Kier alpha value is -3.35. The Kier molecular flexibility index (Phi) is 8.69. The fraction of sp³-hybridized carbons (Fsp3) is 0.318. The molecule has 0 saturated heterocycles. The van der Waals surface area contributed by atoms with E-state index in [-0.39, 0.29) is 24.3 Å². The summed E-state index contributed by atoms with van der Waals surface area (Å²) in [5, 5.41) is 8.47. The molecule has 2 aromatic rings. The number of rotatable bonds is 10. The van der Waals surface area contributed by atoms with Gasteiger partial charge in [0.2, 0.25) is 5.91 Å². The SMILES string of the molecule is CCCCOC(=O)c1ccc(NCC(=O)Nc2cccc(C(=O)NCC)c2)cc1. The van der Waals surface area contributed by atoms with Gasteiger partial charge in [-0.1, -0.05) is 19.4 Å². The third-order valence-corrected chi connectivity index (χ3v) is 4.05. The van der Waals surface area contributed by atoms with E-state index in [9.17, 15) is 14.4 Å². The van der Waals surface area contributed by atoms with Gasteiger partial charge in [0.15, 0.2) is 0 Å². The van der Waals surface area contributed by atoms with Gasteiger partial charge in [0.05, 0.1) is 18.7 Å². The smallest absolute Gasteiger partial charge is 0.338 e. The molecule has 7 heteroatoms. The van der Waals surface area contributed by atoms with Crippen molar-refractivity contribution in [2.75, 3.05) is 30.3 Å². The quantitative estimate of drug-likeness (QED) is 0.422. The van der Waals surface area contributed by atoms with E-state index in [1.165, 1.54) is 0 Å². The summed E-state index contributed by atoms with van der Waals surface area (Å²) >= 11 is 0. The molecule has 154 valence electrons. The number of anilines is 2. The number of esters is 1. The van der Waals surface area contributed by atoms with Crippen molar-refractivity contribution in [2.45, 2.75) is 26.7 Å². The average Bonchev–Trinajstić information content (AvgIpc) is 2.73. The van der Waals surface area contributed by atoms with Crippen molar-refractivity contribution in [1.82, 2.24) is 5.32 Å². The van der Waals surface area contributed by atoms with Crippen LogP contribution in [0.4, 0.5) is 11.4 Å². The number of nitrogens with one attached hydrogen (secondary N) is 3. The molecule has 0 aromatic heterocycles. The highest BCUT2D eigenvalue weighted by atomic mass is 16.5. The third-order valence-electron chi connectivity index (χ3n) is 4.05. The minimum absolute atomic E-state index is 0.0473. The first-order valence-corrected chi connectivity index (χ1v) is 9.72. The largest absolute Gasteiger partial charge is 0.462 e. The van der Waals surface area contributed by atoms with E-state index in [1.54, 1.807) is 48.5 Å². The zero-order chi connectivity index (χ0) is 21.1. The van der Waals surface area contributed by atoms with E-state index in [1.807, 2.05) is 13.8 Å². The minimum Gasteiger partial charge on any atom is -0.462 e. The van der Waals surface area contributed by atoms with Crippen LogP contribution in [0.1, 0.15) is 47.4 Å². The zero-order valence-electron chi connectivity index (χ0n) is 16.8. The summed E-state index contributed by atoms with van der Waals surface area (Å²) in [6, 6.07) is 13.5. The molecule has 0 spiro atoms. The normalized spacial score (nSPS) is 10.1. The number of unbranched alkanes of at least 4 members (excludes halogenated alkanes) is 1. The van der Waals surface area contributed by atoms with Crippen molar-refractivity contribution in [2.24, 2.45) is 0 Å². The van der Waals surface area contributed by atoms with Crippen LogP contribution in [0.2, 0.25) is 0 Å². The molecular weight excluding hydrogens is 370 g/mol. The van der Waals surface area contributed by atoms with Crippen LogP contribution in [0.15, 0.2) is 48.5 Å². The van der Waals surface area contributed by atoms with E-state index in [0.717, 1.165) is 12.8 Å². The van der Waals surface area contributed by atoms with E-state index in [4.69, 9.17) is 4.74 Å². The van der Waals surface area contributed by atoms with Gasteiger partial charge in [0, 0.05) is 23.5 Å². The summed E-state index contributed by atoms with van der Waals surface area (Å²) in [6.45, 7) is 4.87. The van der Waals surface area contributed by atoms with Gasteiger partial charge in [-0.05, 0) is 55.8 Å². The van der Waals surface area contributed by atoms with Crippen LogP contribution < -0.4 is 16.0 Å². The number of benzene rings is 2. The second kappa shape index (κ2) is 11.5.